The number of fused-ring (bicyclic) bond motifs is 1. The van der Waals surface area contributed by atoms with E-state index >= 15 is 0 Å². The molecule has 0 unspecified atom stereocenters. The van der Waals surface area contributed by atoms with Crippen molar-refractivity contribution in [1.82, 2.24) is 4.57 Å². The molecule has 1 aliphatic heterocycles. The van der Waals surface area contributed by atoms with Gasteiger partial charge in [-0.15, -0.1) is 0 Å². The van der Waals surface area contributed by atoms with Gasteiger partial charge in [0, 0.05) is 66.3 Å². The van der Waals surface area contributed by atoms with Crippen LogP contribution in [0.1, 0.15) is 11.1 Å². The molecular weight excluding hydrogens is 416 g/mol. The van der Waals surface area contributed by atoms with Crippen LogP contribution in [0.25, 0.3) is 10.9 Å². The number of hydrogen-bond donors (Lipinski definition) is 0. The Morgan fingerprint density at radius 3 is 2.58 bits per heavy atom. The van der Waals surface area contributed by atoms with Crippen molar-refractivity contribution >= 4 is 34.2 Å². The minimum absolute atomic E-state index is 0.103. The van der Waals surface area contributed by atoms with Crippen molar-refractivity contribution in [2.75, 3.05) is 31.2 Å². The van der Waals surface area contributed by atoms with E-state index in [9.17, 15) is 10.1 Å². The highest BCUT2D eigenvalue weighted by Crippen LogP contribution is 2.24. The first-order valence-electron chi connectivity index (χ1n) is 11.0. The Labute approximate surface area is 191 Å². The third kappa shape index (κ3) is 4.63. The van der Waals surface area contributed by atoms with Gasteiger partial charge in [0.2, 0.25) is 0 Å². The third-order valence-electron chi connectivity index (χ3n) is 5.87. The molecule has 0 radical (unpaired) electrons. The monoisotopic (exact) mass is 440 g/mol. The van der Waals surface area contributed by atoms with Crippen LogP contribution in [-0.4, -0.2) is 42.0 Å². The second-order valence-corrected chi connectivity index (χ2v) is 8.03. The summed E-state index contributed by atoms with van der Waals surface area (Å²) in [6.45, 7) is 3.89. The van der Waals surface area contributed by atoms with Crippen LogP contribution >= 0.6 is 0 Å². The van der Waals surface area contributed by atoms with Gasteiger partial charge in [-0.2, -0.15) is 0 Å². The fraction of sp³-hybridized carbons (Fsp3) is 0.192. The predicted molar refractivity (Wildman–Crippen MR) is 131 cm³/mol. The van der Waals surface area contributed by atoms with Gasteiger partial charge in [0.05, 0.1) is 23.8 Å². The summed E-state index contributed by atoms with van der Waals surface area (Å²) >= 11 is 0. The van der Waals surface area contributed by atoms with E-state index in [-0.39, 0.29) is 10.6 Å². The molecule has 2 heterocycles. The third-order valence-corrected chi connectivity index (χ3v) is 5.87. The van der Waals surface area contributed by atoms with Gasteiger partial charge in [-0.3, -0.25) is 15.1 Å². The maximum atomic E-state index is 11.1. The molecule has 33 heavy (non-hydrogen) atoms. The topological polar surface area (TPSA) is 72.9 Å². The standard InChI is InChI=1S/C26H24N4O3/c31-30(32)24-5-3-4-20(16-24)18-29-19-21(25-6-1-2-7-26(25)29)17-27-22-8-10-23(11-9-22)28-12-14-33-15-13-28/h1-11,16-17,19H,12-15,18H2. The molecule has 0 amide bonds. The largest absolute Gasteiger partial charge is 0.378 e. The number of ether oxygens (including phenoxy) is 1. The first kappa shape index (κ1) is 20.9. The van der Waals surface area contributed by atoms with Gasteiger partial charge < -0.3 is 14.2 Å². The number of hydrogen-bond acceptors (Lipinski definition) is 5. The lowest BCUT2D eigenvalue weighted by atomic mass is 10.2. The summed E-state index contributed by atoms with van der Waals surface area (Å²) in [4.78, 5) is 17.8. The molecule has 3 aromatic carbocycles. The predicted octanol–water partition coefficient (Wildman–Crippen LogP) is 5.19. The number of rotatable bonds is 6. The summed E-state index contributed by atoms with van der Waals surface area (Å²) in [6, 6.07) is 23.2. The minimum atomic E-state index is -0.361. The lowest BCUT2D eigenvalue weighted by Gasteiger charge is -2.28. The van der Waals surface area contributed by atoms with Gasteiger partial charge in [0.25, 0.3) is 5.69 Å². The van der Waals surface area contributed by atoms with Crippen LogP contribution in [0.5, 0.6) is 0 Å². The van der Waals surface area contributed by atoms with Crippen LogP contribution in [0.4, 0.5) is 17.1 Å². The van der Waals surface area contributed by atoms with Gasteiger partial charge in [-0.25, -0.2) is 0 Å². The van der Waals surface area contributed by atoms with E-state index in [0.717, 1.165) is 54.0 Å². The van der Waals surface area contributed by atoms with Crippen molar-refractivity contribution in [2.45, 2.75) is 6.54 Å². The van der Waals surface area contributed by atoms with Gasteiger partial charge in [-0.05, 0) is 35.9 Å². The summed E-state index contributed by atoms with van der Waals surface area (Å²) in [7, 11) is 0. The van der Waals surface area contributed by atoms with Crippen LogP contribution < -0.4 is 4.90 Å². The lowest BCUT2D eigenvalue weighted by Crippen LogP contribution is -2.36. The molecule has 0 bridgehead atoms. The molecule has 0 aliphatic carbocycles. The fourth-order valence-corrected chi connectivity index (χ4v) is 4.19. The van der Waals surface area contributed by atoms with Crippen molar-refractivity contribution in [1.29, 1.82) is 0 Å². The van der Waals surface area contributed by atoms with E-state index in [1.54, 1.807) is 12.1 Å². The smallest absolute Gasteiger partial charge is 0.269 e. The Hall–Kier alpha value is -3.97. The summed E-state index contributed by atoms with van der Waals surface area (Å²) < 4.78 is 7.53. The molecule has 4 aromatic rings. The number of anilines is 1. The highest BCUT2D eigenvalue weighted by atomic mass is 16.6. The summed E-state index contributed by atoms with van der Waals surface area (Å²) in [5.74, 6) is 0. The van der Waals surface area contributed by atoms with Crippen molar-refractivity contribution < 1.29 is 9.66 Å². The molecule has 166 valence electrons. The average molecular weight is 441 g/mol. The second-order valence-electron chi connectivity index (χ2n) is 8.03. The van der Waals surface area contributed by atoms with Crippen LogP contribution in [0.2, 0.25) is 0 Å². The van der Waals surface area contributed by atoms with Crippen LogP contribution in [-0.2, 0) is 11.3 Å². The molecule has 5 rings (SSSR count). The van der Waals surface area contributed by atoms with Gasteiger partial charge in [0.15, 0.2) is 0 Å². The Bertz CT molecular complexity index is 1300. The molecule has 7 nitrogen and oxygen atoms in total. The number of benzene rings is 3. The Morgan fingerprint density at radius 2 is 1.79 bits per heavy atom. The number of nitro groups is 1. The van der Waals surface area contributed by atoms with E-state index < -0.39 is 0 Å². The highest BCUT2D eigenvalue weighted by molar-refractivity contribution is 6.00. The molecular formula is C26H24N4O3. The Balaban J connectivity index is 1.39. The summed E-state index contributed by atoms with van der Waals surface area (Å²) in [5.41, 5.74) is 5.13. The second kappa shape index (κ2) is 9.26. The van der Waals surface area contributed by atoms with Crippen molar-refractivity contribution in [2.24, 2.45) is 4.99 Å². The molecule has 0 N–H and O–H groups in total. The number of aliphatic imine (C=N–C) groups is 1. The zero-order valence-electron chi connectivity index (χ0n) is 18.1. The summed E-state index contributed by atoms with van der Waals surface area (Å²) in [6.07, 6.45) is 3.94. The normalized spacial score (nSPS) is 14.2. The van der Waals surface area contributed by atoms with Crippen molar-refractivity contribution in [3.63, 3.8) is 0 Å². The number of morpholine rings is 1. The molecule has 0 spiro atoms. The van der Waals surface area contributed by atoms with E-state index in [1.807, 2.05) is 36.5 Å². The van der Waals surface area contributed by atoms with Crippen molar-refractivity contribution in [3.8, 4) is 0 Å². The number of nitro benzene ring substituents is 1. The van der Waals surface area contributed by atoms with Crippen LogP contribution in [0, 0.1) is 10.1 Å². The van der Waals surface area contributed by atoms with Crippen LogP contribution in [0.3, 0.4) is 0 Å². The fourth-order valence-electron chi connectivity index (χ4n) is 4.19. The number of nitrogens with zero attached hydrogens (tertiary/aromatic N) is 4. The van der Waals surface area contributed by atoms with Gasteiger partial charge >= 0.3 is 0 Å². The summed E-state index contributed by atoms with van der Waals surface area (Å²) in [5, 5.41) is 12.2. The zero-order valence-corrected chi connectivity index (χ0v) is 18.1. The molecule has 1 fully saturated rings. The Kier molecular flexibility index (Phi) is 5.87. The molecule has 0 atom stereocenters. The van der Waals surface area contributed by atoms with Gasteiger partial charge in [-0.1, -0.05) is 30.3 Å². The molecule has 1 saturated heterocycles. The highest BCUT2D eigenvalue weighted by Gasteiger charge is 2.12. The maximum Gasteiger partial charge on any atom is 0.269 e. The zero-order chi connectivity index (χ0) is 22.6. The molecule has 0 saturated carbocycles. The van der Waals surface area contributed by atoms with Crippen LogP contribution in [0.15, 0.2) is 84.0 Å². The van der Waals surface area contributed by atoms with E-state index in [1.165, 1.54) is 11.8 Å². The number of para-hydroxylation sites is 1. The minimum Gasteiger partial charge on any atom is -0.378 e. The van der Waals surface area contributed by atoms with E-state index in [4.69, 9.17) is 9.73 Å². The number of aromatic nitrogens is 1. The molecule has 1 aromatic heterocycles. The first-order chi connectivity index (χ1) is 16.2. The lowest BCUT2D eigenvalue weighted by molar-refractivity contribution is -0.384. The maximum absolute atomic E-state index is 11.1. The first-order valence-corrected chi connectivity index (χ1v) is 11.0. The quantitative estimate of drug-likeness (QED) is 0.235. The molecule has 7 heteroatoms. The van der Waals surface area contributed by atoms with E-state index in [2.05, 4.69) is 39.9 Å². The van der Waals surface area contributed by atoms with Crippen molar-refractivity contribution in [3.05, 3.63) is 100 Å². The number of non-ortho nitro benzene ring substituents is 1. The Morgan fingerprint density at radius 1 is 1.00 bits per heavy atom. The molecule has 1 aliphatic rings. The average Bonchev–Trinajstić information content (AvgIpc) is 3.21. The van der Waals surface area contributed by atoms with Gasteiger partial charge in [0.1, 0.15) is 0 Å². The van der Waals surface area contributed by atoms with E-state index in [0.29, 0.717) is 6.54 Å². The SMILES string of the molecule is O=[N+]([O-])c1cccc(Cn2cc(C=Nc3ccc(N4CCOCC4)cc3)c3ccccc32)c1.